The molecular weight excluding hydrogens is 368 g/mol. The number of anilines is 2. The van der Waals surface area contributed by atoms with E-state index in [1.54, 1.807) is 0 Å². The minimum atomic E-state index is -0.195. The van der Waals surface area contributed by atoms with E-state index in [4.69, 9.17) is 4.98 Å². The van der Waals surface area contributed by atoms with Crippen LogP contribution >= 0.6 is 11.5 Å². The van der Waals surface area contributed by atoms with Crippen LogP contribution in [0.3, 0.4) is 0 Å². The highest BCUT2D eigenvalue weighted by molar-refractivity contribution is 7.09. The third-order valence-electron chi connectivity index (χ3n) is 5.24. The number of rotatable bonds is 5. The van der Waals surface area contributed by atoms with Crippen LogP contribution in [0.1, 0.15) is 35.4 Å². The number of hydrogen-bond donors (Lipinski definition) is 1. The number of nitrogens with one attached hydrogen (secondary N) is 1. The van der Waals surface area contributed by atoms with Gasteiger partial charge in [0.1, 0.15) is 11.9 Å². The van der Waals surface area contributed by atoms with Crippen LogP contribution in [0.15, 0.2) is 48.5 Å². The Morgan fingerprint density at radius 2 is 2.00 bits per heavy atom. The van der Waals surface area contributed by atoms with Crippen molar-refractivity contribution in [3.05, 3.63) is 71.0 Å². The first-order chi connectivity index (χ1) is 13.6. The Bertz CT molecular complexity index is 970. The summed E-state index contributed by atoms with van der Waals surface area (Å²) in [6.45, 7) is 4.97. The molecule has 0 bridgehead atoms. The summed E-state index contributed by atoms with van der Waals surface area (Å²) in [7, 11) is 0. The number of carbonyl (C=O) groups is 1. The minimum absolute atomic E-state index is 0.0283. The van der Waals surface area contributed by atoms with Crippen LogP contribution < -0.4 is 10.2 Å². The fourth-order valence-corrected chi connectivity index (χ4v) is 4.29. The maximum atomic E-state index is 12.9. The Morgan fingerprint density at radius 3 is 2.79 bits per heavy atom. The molecule has 6 heteroatoms. The summed E-state index contributed by atoms with van der Waals surface area (Å²) in [6.07, 6.45) is 2.54. The predicted octanol–water partition coefficient (Wildman–Crippen LogP) is 4.35. The summed E-state index contributed by atoms with van der Waals surface area (Å²) < 4.78 is 4.51. The largest absolute Gasteiger partial charge is 0.335 e. The number of carbonyl (C=O) groups excluding carboxylic acids is 1. The first-order valence-corrected chi connectivity index (χ1v) is 10.4. The van der Waals surface area contributed by atoms with Gasteiger partial charge in [0.15, 0.2) is 0 Å². The summed E-state index contributed by atoms with van der Waals surface area (Å²) in [5.41, 5.74) is 4.44. The van der Waals surface area contributed by atoms with Gasteiger partial charge >= 0.3 is 0 Å². The van der Waals surface area contributed by atoms with E-state index >= 15 is 0 Å². The fraction of sp³-hybridized carbons (Fsp3) is 0.318. The monoisotopic (exact) mass is 392 g/mol. The molecule has 2 heterocycles. The highest BCUT2D eigenvalue weighted by atomic mass is 32.1. The van der Waals surface area contributed by atoms with Gasteiger partial charge in [-0.1, -0.05) is 36.4 Å². The molecule has 1 aromatic heterocycles. The SMILES string of the molecule is Cc1ccc(NC(=O)C2CCCN2c2nc(Cc3ccccc3)ns2)cc1C. The maximum absolute atomic E-state index is 12.9. The van der Waals surface area contributed by atoms with Crippen molar-refractivity contribution in [3.8, 4) is 0 Å². The Kier molecular flexibility index (Phi) is 5.39. The van der Waals surface area contributed by atoms with Gasteiger partial charge in [-0.15, -0.1) is 0 Å². The van der Waals surface area contributed by atoms with Crippen molar-refractivity contribution in [2.45, 2.75) is 39.2 Å². The van der Waals surface area contributed by atoms with Crippen molar-refractivity contribution in [1.29, 1.82) is 0 Å². The first-order valence-electron chi connectivity index (χ1n) is 9.61. The van der Waals surface area contributed by atoms with E-state index < -0.39 is 0 Å². The Balaban J connectivity index is 1.46. The Morgan fingerprint density at radius 1 is 1.18 bits per heavy atom. The molecule has 0 aliphatic carbocycles. The lowest BCUT2D eigenvalue weighted by atomic mass is 10.1. The van der Waals surface area contributed by atoms with Crippen LogP contribution in [0.5, 0.6) is 0 Å². The predicted molar refractivity (Wildman–Crippen MR) is 114 cm³/mol. The van der Waals surface area contributed by atoms with Gasteiger partial charge in [-0.2, -0.15) is 4.37 Å². The molecule has 1 saturated heterocycles. The number of benzene rings is 2. The van der Waals surface area contributed by atoms with Crippen LogP contribution in [-0.4, -0.2) is 27.9 Å². The van der Waals surface area contributed by atoms with Crippen LogP contribution in [0, 0.1) is 13.8 Å². The molecule has 1 amide bonds. The molecule has 2 aromatic carbocycles. The van der Waals surface area contributed by atoms with Gasteiger partial charge in [0.05, 0.1) is 0 Å². The number of nitrogens with zero attached hydrogens (tertiary/aromatic N) is 3. The van der Waals surface area contributed by atoms with Gasteiger partial charge in [0.25, 0.3) is 0 Å². The normalized spacial score (nSPS) is 16.4. The Labute approximate surface area is 169 Å². The zero-order chi connectivity index (χ0) is 19.5. The van der Waals surface area contributed by atoms with E-state index in [1.807, 2.05) is 36.4 Å². The highest BCUT2D eigenvalue weighted by Crippen LogP contribution is 2.28. The first kappa shape index (κ1) is 18.6. The van der Waals surface area contributed by atoms with Crippen molar-refractivity contribution < 1.29 is 4.79 Å². The van der Waals surface area contributed by atoms with Crippen molar-refractivity contribution in [2.24, 2.45) is 0 Å². The fourth-order valence-electron chi connectivity index (χ4n) is 3.52. The van der Waals surface area contributed by atoms with E-state index in [0.717, 1.165) is 36.0 Å². The van der Waals surface area contributed by atoms with E-state index in [-0.39, 0.29) is 11.9 Å². The summed E-state index contributed by atoms with van der Waals surface area (Å²) in [4.78, 5) is 19.7. The summed E-state index contributed by atoms with van der Waals surface area (Å²) in [5, 5.41) is 3.91. The highest BCUT2D eigenvalue weighted by Gasteiger charge is 2.33. The van der Waals surface area contributed by atoms with Gasteiger partial charge in [0.2, 0.25) is 11.0 Å². The maximum Gasteiger partial charge on any atom is 0.247 e. The standard InChI is InChI=1S/C22H24N4OS/c1-15-10-11-18(13-16(15)2)23-21(27)19-9-6-12-26(19)22-24-20(25-28-22)14-17-7-4-3-5-8-17/h3-5,7-8,10-11,13,19H,6,9,12,14H2,1-2H3,(H,23,27). The third-order valence-corrected chi connectivity index (χ3v) is 6.03. The lowest BCUT2D eigenvalue weighted by Crippen LogP contribution is -2.39. The third kappa shape index (κ3) is 4.07. The molecule has 0 spiro atoms. The van der Waals surface area contributed by atoms with E-state index in [9.17, 15) is 4.79 Å². The molecule has 1 aliphatic rings. The number of amides is 1. The zero-order valence-electron chi connectivity index (χ0n) is 16.2. The molecule has 1 N–H and O–H groups in total. The average Bonchev–Trinajstić information content (AvgIpc) is 3.35. The molecule has 0 radical (unpaired) electrons. The molecule has 1 atom stereocenters. The lowest BCUT2D eigenvalue weighted by Gasteiger charge is -2.22. The summed E-state index contributed by atoms with van der Waals surface area (Å²) in [5.74, 6) is 0.840. The summed E-state index contributed by atoms with van der Waals surface area (Å²) >= 11 is 1.38. The molecule has 3 aromatic rings. The molecule has 1 aliphatic heterocycles. The molecule has 0 saturated carbocycles. The number of aryl methyl sites for hydroxylation is 2. The average molecular weight is 393 g/mol. The molecule has 1 unspecified atom stereocenters. The van der Waals surface area contributed by atoms with Gasteiger partial charge in [0, 0.05) is 30.2 Å². The number of aromatic nitrogens is 2. The second kappa shape index (κ2) is 8.10. The van der Waals surface area contributed by atoms with E-state index in [2.05, 4.69) is 40.6 Å². The topological polar surface area (TPSA) is 58.1 Å². The molecule has 1 fully saturated rings. The second-order valence-corrected chi connectivity index (χ2v) is 8.03. The van der Waals surface area contributed by atoms with Gasteiger partial charge in [-0.05, 0) is 55.5 Å². The molecule has 144 valence electrons. The minimum Gasteiger partial charge on any atom is -0.335 e. The lowest BCUT2D eigenvalue weighted by molar-refractivity contribution is -0.117. The van der Waals surface area contributed by atoms with Crippen LogP contribution in [0.4, 0.5) is 10.8 Å². The van der Waals surface area contributed by atoms with Crippen molar-refractivity contribution in [3.63, 3.8) is 0 Å². The van der Waals surface area contributed by atoms with Gasteiger partial charge < -0.3 is 10.2 Å². The molecule has 28 heavy (non-hydrogen) atoms. The smallest absolute Gasteiger partial charge is 0.247 e. The van der Waals surface area contributed by atoms with Gasteiger partial charge in [-0.3, -0.25) is 4.79 Å². The van der Waals surface area contributed by atoms with Crippen LogP contribution in [0.25, 0.3) is 0 Å². The molecule has 5 nitrogen and oxygen atoms in total. The zero-order valence-corrected chi connectivity index (χ0v) is 17.0. The van der Waals surface area contributed by atoms with Crippen LogP contribution in [-0.2, 0) is 11.2 Å². The quantitative estimate of drug-likeness (QED) is 0.701. The summed E-state index contributed by atoms with van der Waals surface area (Å²) in [6, 6.07) is 16.0. The number of hydrogen-bond acceptors (Lipinski definition) is 5. The van der Waals surface area contributed by atoms with Crippen molar-refractivity contribution in [1.82, 2.24) is 9.36 Å². The van der Waals surface area contributed by atoms with Crippen LogP contribution in [0.2, 0.25) is 0 Å². The van der Waals surface area contributed by atoms with Crippen molar-refractivity contribution in [2.75, 3.05) is 16.8 Å². The van der Waals surface area contributed by atoms with E-state index in [1.165, 1.54) is 28.2 Å². The molecule has 4 rings (SSSR count). The molecular formula is C22H24N4OS. The van der Waals surface area contributed by atoms with Gasteiger partial charge in [-0.25, -0.2) is 4.98 Å². The second-order valence-electron chi connectivity index (χ2n) is 7.30. The van der Waals surface area contributed by atoms with Crippen molar-refractivity contribution >= 4 is 28.3 Å². The Hall–Kier alpha value is -2.73. The van der Waals surface area contributed by atoms with E-state index in [0.29, 0.717) is 6.42 Å².